The lowest BCUT2D eigenvalue weighted by molar-refractivity contribution is -0.105. The van der Waals surface area contributed by atoms with E-state index in [4.69, 9.17) is 9.72 Å². The number of methoxy groups -OCH3 is 1. The maximum Gasteiger partial charge on any atom is 0.227 e. The van der Waals surface area contributed by atoms with Gasteiger partial charge in [-0.2, -0.15) is 0 Å². The first-order chi connectivity index (χ1) is 19.4. The topological polar surface area (TPSA) is 90.8 Å². The lowest BCUT2D eigenvalue weighted by Crippen LogP contribution is -2.33. The number of carbonyl (C=O) groups excluding carboxylic acids is 1. The van der Waals surface area contributed by atoms with Crippen LogP contribution in [0.1, 0.15) is 13.8 Å². The average molecular weight is 563 g/mol. The number of hydrogen-bond donors (Lipinski definition) is 2. The van der Waals surface area contributed by atoms with Gasteiger partial charge < -0.3 is 25.2 Å². The van der Waals surface area contributed by atoms with Gasteiger partial charge in [-0.15, -0.1) is 0 Å². The fourth-order valence-corrected chi connectivity index (χ4v) is 5.32. The van der Waals surface area contributed by atoms with E-state index in [2.05, 4.69) is 61.6 Å². The smallest absolute Gasteiger partial charge is 0.227 e. The van der Waals surface area contributed by atoms with E-state index in [1.54, 1.807) is 25.4 Å². The van der Waals surface area contributed by atoms with Crippen molar-refractivity contribution in [3.8, 4) is 17.0 Å². The summed E-state index contributed by atoms with van der Waals surface area (Å²) in [4.78, 5) is 25.3. The number of aromatic nitrogens is 3. The van der Waals surface area contributed by atoms with E-state index in [0.29, 0.717) is 29.5 Å². The van der Waals surface area contributed by atoms with Crippen molar-refractivity contribution < 1.29 is 9.53 Å². The van der Waals surface area contributed by atoms with Crippen molar-refractivity contribution >= 4 is 52.5 Å². The molecule has 0 aliphatic carbocycles. The van der Waals surface area contributed by atoms with Crippen LogP contribution < -0.4 is 20.3 Å². The Kier molecular flexibility index (Phi) is 9.86. The molecule has 40 heavy (non-hydrogen) atoms. The summed E-state index contributed by atoms with van der Waals surface area (Å²) < 4.78 is 9.92. The number of anilines is 4. The summed E-state index contributed by atoms with van der Waals surface area (Å²) in [5, 5.41) is 7.25. The number of fused-ring (bicyclic) bond motifs is 1. The van der Waals surface area contributed by atoms with Gasteiger partial charge >= 0.3 is 0 Å². The standard InChI is InChI=1S/C29H38N8O2S/c1-7-36(8-2)16-15-35(5)27-18-28(39-6)25(17-24(27)31-20-38)33-29-30-14-13-23(32-29)22-19-37(40-34(3)4)26-12-10-9-11-21(22)26/h9-14,17-20H,7-8,15-16H2,1-6H3,(H,31,38)(H,30,32,33). The molecule has 2 aromatic heterocycles. The van der Waals surface area contributed by atoms with E-state index in [1.165, 1.54) is 0 Å². The Morgan fingerprint density at radius 3 is 2.52 bits per heavy atom. The molecular weight excluding hydrogens is 524 g/mol. The van der Waals surface area contributed by atoms with E-state index >= 15 is 0 Å². The van der Waals surface area contributed by atoms with Gasteiger partial charge in [-0.05, 0) is 45.4 Å². The van der Waals surface area contributed by atoms with Crippen LogP contribution in [0.5, 0.6) is 5.75 Å². The molecule has 0 unspecified atom stereocenters. The molecule has 0 aliphatic heterocycles. The number of likely N-dealkylation sites (N-methyl/N-ethyl adjacent to an activating group) is 2. The molecule has 11 heteroatoms. The first-order valence-electron chi connectivity index (χ1n) is 13.3. The third-order valence-electron chi connectivity index (χ3n) is 6.70. The molecule has 0 saturated heterocycles. The fraction of sp³-hybridized carbons (Fsp3) is 0.345. The molecule has 4 aromatic rings. The van der Waals surface area contributed by atoms with Crippen LogP contribution in [0.25, 0.3) is 22.2 Å². The van der Waals surface area contributed by atoms with Gasteiger partial charge in [-0.3, -0.25) is 8.77 Å². The number of nitrogens with one attached hydrogen (secondary N) is 2. The Morgan fingerprint density at radius 2 is 1.82 bits per heavy atom. The highest BCUT2D eigenvalue weighted by Crippen LogP contribution is 2.38. The molecule has 2 N–H and O–H groups in total. The largest absolute Gasteiger partial charge is 0.494 e. The molecule has 0 saturated carbocycles. The summed E-state index contributed by atoms with van der Waals surface area (Å²) in [7, 11) is 7.67. The molecule has 0 radical (unpaired) electrons. The van der Waals surface area contributed by atoms with Crippen LogP contribution in [0.15, 0.2) is 54.9 Å². The Balaban J connectivity index is 1.66. The van der Waals surface area contributed by atoms with Crippen LogP contribution in [-0.4, -0.2) is 84.0 Å². The number of hydrogen-bond acceptors (Lipinski definition) is 9. The molecule has 212 valence electrons. The third kappa shape index (κ3) is 6.67. The third-order valence-corrected chi connectivity index (χ3v) is 7.50. The van der Waals surface area contributed by atoms with Gasteiger partial charge in [0.1, 0.15) is 5.75 Å². The molecule has 0 atom stereocenters. The average Bonchev–Trinajstić information content (AvgIpc) is 3.31. The zero-order valence-electron chi connectivity index (χ0n) is 24.0. The van der Waals surface area contributed by atoms with Crippen LogP contribution in [-0.2, 0) is 4.79 Å². The van der Waals surface area contributed by atoms with Crippen LogP contribution in [0.4, 0.5) is 23.0 Å². The van der Waals surface area contributed by atoms with E-state index in [-0.39, 0.29) is 0 Å². The van der Waals surface area contributed by atoms with Crippen molar-refractivity contribution in [2.24, 2.45) is 0 Å². The SMILES string of the molecule is CCN(CC)CCN(C)c1cc(OC)c(Nc2nccc(-c3cn(SN(C)C)c4ccccc34)n2)cc1NC=O. The normalized spacial score (nSPS) is 11.3. The molecule has 2 heterocycles. The number of benzene rings is 2. The number of ether oxygens (including phenoxy) is 1. The Labute approximate surface area is 240 Å². The first-order valence-corrected chi connectivity index (χ1v) is 14.0. The molecule has 10 nitrogen and oxygen atoms in total. The number of rotatable bonds is 14. The lowest BCUT2D eigenvalue weighted by Gasteiger charge is -2.27. The van der Waals surface area contributed by atoms with Crippen LogP contribution >= 0.6 is 12.1 Å². The van der Waals surface area contributed by atoms with Gasteiger partial charge in [0.2, 0.25) is 12.4 Å². The summed E-state index contributed by atoms with van der Waals surface area (Å²) in [5.41, 5.74) is 5.09. The minimum atomic E-state index is 0.424. The van der Waals surface area contributed by atoms with Crippen LogP contribution in [0.2, 0.25) is 0 Å². The second-order valence-electron chi connectivity index (χ2n) is 9.45. The van der Waals surface area contributed by atoms with E-state index < -0.39 is 0 Å². The fourth-order valence-electron chi connectivity index (χ4n) is 4.57. The quantitative estimate of drug-likeness (QED) is 0.160. The Hall–Kier alpha value is -3.80. The summed E-state index contributed by atoms with van der Waals surface area (Å²) in [6.07, 6.45) is 4.52. The monoisotopic (exact) mass is 562 g/mol. The highest BCUT2D eigenvalue weighted by atomic mass is 32.2. The zero-order chi connectivity index (χ0) is 28.6. The number of amides is 1. The summed E-state index contributed by atoms with van der Waals surface area (Å²) in [6.45, 7) is 8.01. The predicted molar refractivity (Wildman–Crippen MR) is 167 cm³/mol. The molecule has 0 aliphatic rings. The zero-order valence-corrected chi connectivity index (χ0v) is 24.8. The minimum absolute atomic E-state index is 0.424. The number of carbonyl (C=O) groups is 1. The van der Waals surface area contributed by atoms with E-state index in [0.717, 1.165) is 54.0 Å². The molecule has 0 spiro atoms. The summed E-state index contributed by atoms with van der Waals surface area (Å²) >= 11 is 1.60. The molecule has 4 rings (SSSR count). The molecule has 0 bridgehead atoms. The molecule has 0 fully saturated rings. The first kappa shape index (κ1) is 29.2. The van der Waals surface area contributed by atoms with E-state index in [1.807, 2.05) is 55.8 Å². The second kappa shape index (κ2) is 13.5. The van der Waals surface area contributed by atoms with Crippen molar-refractivity contribution in [1.29, 1.82) is 0 Å². The minimum Gasteiger partial charge on any atom is -0.494 e. The molecular formula is C29H38N8O2S. The molecule has 1 amide bonds. The second-order valence-corrected chi connectivity index (χ2v) is 10.7. The Bertz CT molecular complexity index is 1440. The van der Waals surface area contributed by atoms with Crippen molar-refractivity contribution in [3.63, 3.8) is 0 Å². The number of nitrogens with zero attached hydrogens (tertiary/aromatic N) is 6. The maximum absolute atomic E-state index is 11.5. The predicted octanol–water partition coefficient (Wildman–Crippen LogP) is 5.17. The van der Waals surface area contributed by atoms with E-state index in [9.17, 15) is 4.79 Å². The van der Waals surface area contributed by atoms with Gasteiger partial charge in [0.05, 0.1) is 35.4 Å². The van der Waals surface area contributed by atoms with Crippen molar-refractivity contribution in [1.82, 2.24) is 23.1 Å². The van der Waals surface area contributed by atoms with Gasteiger partial charge in [-0.1, -0.05) is 32.0 Å². The van der Waals surface area contributed by atoms with Gasteiger partial charge in [-0.25, -0.2) is 14.3 Å². The van der Waals surface area contributed by atoms with Crippen molar-refractivity contribution in [3.05, 3.63) is 54.9 Å². The van der Waals surface area contributed by atoms with Crippen molar-refractivity contribution in [2.45, 2.75) is 13.8 Å². The highest BCUT2D eigenvalue weighted by molar-refractivity contribution is 7.95. The lowest BCUT2D eigenvalue weighted by atomic mass is 10.1. The maximum atomic E-state index is 11.5. The Morgan fingerprint density at radius 1 is 1.05 bits per heavy atom. The van der Waals surface area contributed by atoms with Gasteiger partial charge in [0.25, 0.3) is 0 Å². The van der Waals surface area contributed by atoms with Gasteiger partial charge in [0.15, 0.2) is 0 Å². The van der Waals surface area contributed by atoms with Crippen LogP contribution in [0, 0.1) is 0 Å². The summed E-state index contributed by atoms with van der Waals surface area (Å²) in [5.74, 6) is 1.04. The van der Waals surface area contributed by atoms with Crippen molar-refractivity contribution in [2.75, 3.05) is 70.0 Å². The molecule has 2 aromatic carbocycles. The summed E-state index contributed by atoms with van der Waals surface area (Å²) in [6, 6.07) is 13.9. The van der Waals surface area contributed by atoms with Gasteiger partial charge in [0, 0.05) is 61.7 Å². The highest BCUT2D eigenvalue weighted by Gasteiger charge is 2.17. The van der Waals surface area contributed by atoms with Crippen LogP contribution in [0.3, 0.4) is 0 Å². The number of para-hydroxylation sites is 1.